The molecule has 1 unspecified atom stereocenters. The van der Waals surface area contributed by atoms with Crippen molar-refractivity contribution in [1.29, 1.82) is 0 Å². The number of rotatable bonds is 4. The molecule has 1 aromatic carbocycles. The molecule has 0 spiro atoms. The van der Waals surface area contributed by atoms with Gasteiger partial charge in [-0.15, -0.1) is 0 Å². The third kappa shape index (κ3) is 2.65. The molecule has 0 saturated heterocycles. The molecule has 1 rings (SSSR count). The van der Waals surface area contributed by atoms with E-state index in [-0.39, 0.29) is 0 Å². The molecule has 13 heavy (non-hydrogen) atoms. The van der Waals surface area contributed by atoms with Gasteiger partial charge in [-0.3, -0.25) is 0 Å². The number of nitrogens with one attached hydrogen (secondary N) is 1. The molecular weight excluding hydrogens is 162 g/mol. The van der Waals surface area contributed by atoms with Crippen molar-refractivity contribution in [2.75, 3.05) is 12.4 Å². The first kappa shape index (κ1) is 9.90. The van der Waals surface area contributed by atoms with Crippen LogP contribution in [0.15, 0.2) is 24.3 Å². The average molecular weight is 179 g/mol. The fourth-order valence-electron chi connectivity index (χ4n) is 1.13. The van der Waals surface area contributed by atoms with Crippen molar-refractivity contribution in [3.8, 4) is 5.75 Å². The Kier molecular flexibility index (Phi) is 3.62. The van der Waals surface area contributed by atoms with Gasteiger partial charge in [0.05, 0.1) is 12.8 Å². The Morgan fingerprint density at radius 1 is 1.38 bits per heavy atom. The lowest BCUT2D eigenvalue weighted by atomic mass is 10.2. The second-order valence-electron chi connectivity index (χ2n) is 3.15. The summed E-state index contributed by atoms with van der Waals surface area (Å²) in [5.74, 6) is 0.905. The number of ether oxygens (including phenoxy) is 1. The Labute approximate surface area is 79.9 Å². The Bertz CT molecular complexity index is 260. The van der Waals surface area contributed by atoms with Gasteiger partial charge in [-0.2, -0.15) is 0 Å². The van der Waals surface area contributed by atoms with Crippen LogP contribution < -0.4 is 10.1 Å². The monoisotopic (exact) mass is 179 g/mol. The van der Waals surface area contributed by atoms with Crippen molar-refractivity contribution in [3.05, 3.63) is 24.3 Å². The Balaban J connectivity index is 2.74. The topological polar surface area (TPSA) is 21.3 Å². The van der Waals surface area contributed by atoms with E-state index >= 15 is 0 Å². The number of benzene rings is 1. The molecule has 2 heteroatoms. The van der Waals surface area contributed by atoms with Crippen LogP contribution in [0, 0.1) is 0 Å². The smallest absolute Gasteiger partial charge is 0.141 e. The highest BCUT2D eigenvalue weighted by molar-refractivity contribution is 5.56. The molecule has 0 aliphatic carbocycles. The summed E-state index contributed by atoms with van der Waals surface area (Å²) in [5.41, 5.74) is 1.07. The molecule has 2 nitrogen and oxygen atoms in total. The van der Waals surface area contributed by atoms with E-state index in [1.54, 1.807) is 7.11 Å². The second kappa shape index (κ2) is 4.75. The van der Waals surface area contributed by atoms with Gasteiger partial charge in [0.15, 0.2) is 0 Å². The summed E-state index contributed by atoms with van der Waals surface area (Å²) >= 11 is 0. The molecule has 1 atom stereocenters. The van der Waals surface area contributed by atoms with Crippen LogP contribution in [0.2, 0.25) is 0 Å². The zero-order valence-corrected chi connectivity index (χ0v) is 8.50. The van der Waals surface area contributed by atoms with E-state index in [1.807, 2.05) is 24.3 Å². The minimum atomic E-state index is 0.483. The molecule has 0 aromatic heterocycles. The summed E-state index contributed by atoms with van der Waals surface area (Å²) in [6.45, 7) is 4.32. The molecular formula is C11H17NO. The van der Waals surface area contributed by atoms with Crippen molar-refractivity contribution in [1.82, 2.24) is 0 Å². The normalized spacial score (nSPS) is 12.2. The van der Waals surface area contributed by atoms with E-state index in [2.05, 4.69) is 19.2 Å². The van der Waals surface area contributed by atoms with Gasteiger partial charge in [0, 0.05) is 6.04 Å². The first-order valence-electron chi connectivity index (χ1n) is 4.67. The Hall–Kier alpha value is -1.18. The van der Waals surface area contributed by atoms with Gasteiger partial charge in [0.25, 0.3) is 0 Å². The van der Waals surface area contributed by atoms with Crippen LogP contribution in [0.4, 0.5) is 5.69 Å². The number of anilines is 1. The van der Waals surface area contributed by atoms with Crippen molar-refractivity contribution in [2.45, 2.75) is 26.3 Å². The quantitative estimate of drug-likeness (QED) is 0.767. The second-order valence-corrected chi connectivity index (χ2v) is 3.15. The van der Waals surface area contributed by atoms with Crippen LogP contribution in [0.25, 0.3) is 0 Å². The third-order valence-electron chi connectivity index (χ3n) is 2.12. The summed E-state index contributed by atoms with van der Waals surface area (Å²) in [5, 5.41) is 3.39. The van der Waals surface area contributed by atoms with Crippen molar-refractivity contribution in [2.24, 2.45) is 0 Å². The standard InChI is InChI=1S/C11H17NO/c1-4-9(2)12-10-7-5-6-8-11(10)13-3/h5-9,12H,4H2,1-3H3. The molecule has 72 valence electrons. The van der Waals surface area contributed by atoms with Crippen LogP contribution in [-0.2, 0) is 0 Å². The Morgan fingerprint density at radius 3 is 2.69 bits per heavy atom. The number of methoxy groups -OCH3 is 1. The SMILES string of the molecule is CCC(C)Nc1ccccc1OC. The van der Waals surface area contributed by atoms with Crippen LogP contribution in [0.5, 0.6) is 5.75 Å². The van der Waals surface area contributed by atoms with Gasteiger partial charge >= 0.3 is 0 Å². The molecule has 0 fully saturated rings. The van der Waals surface area contributed by atoms with Gasteiger partial charge in [-0.05, 0) is 25.5 Å². The van der Waals surface area contributed by atoms with E-state index in [9.17, 15) is 0 Å². The van der Waals surface area contributed by atoms with Gasteiger partial charge < -0.3 is 10.1 Å². The fraction of sp³-hybridized carbons (Fsp3) is 0.455. The zero-order chi connectivity index (χ0) is 9.68. The first-order valence-corrected chi connectivity index (χ1v) is 4.67. The molecule has 0 saturated carbocycles. The summed E-state index contributed by atoms with van der Waals surface area (Å²) < 4.78 is 5.23. The predicted octanol–water partition coefficient (Wildman–Crippen LogP) is 2.91. The molecule has 0 bridgehead atoms. The van der Waals surface area contributed by atoms with E-state index in [1.165, 1.54) is 0 Å². The molecule has 1 aromatic rings. The maximum absolute atomic E-state index is 5.23. The zero-order valence-electron chi connectivity index (χ0n) is 8.50. The predicted molar refractivity (Wildman–Crippen MR) is 56.4 cm³/mol. The summed E-state index contributed by atoms with van der Waals surface area (Å²) in [6, 6.07) is 8.46. The summed E-state index contributed by atoms with van der Waals surface area (Å²) in [4.78, 5) is 0. The third-order valence-corrected chi connectivity index (χ3v) is 2.12. The molecule has 1 N–H and O–H groups in total. The van der Waals surface area contributed by atoms with E-state index in [0.717, 1.165) is 17.9 Å². The maximum Gasteiger partial charge on any atom is 0.141 e. The molecule has 0 amide bonds. The molecule has 0 aliphatic rings. The highest BCUT2D eigenvalue weighted by Crippen LogP contribution is 2.23. The minimum Gasteiger partial charge on any atom is -0.495 e. The van der Waals surface area contributed by atoms with Crippen molar-refractivity contribution < 1.29 is 4.74 Å². The number of hydrogen-bond acceptors (Lipinski definition) is 2. The highest BCUT2D eigenvalue weighted by atomic mass is 16.5. The van der Waals surface area contributed by atoms with Gasteiger partial charge in [-0.1, -0.05) is 19.1 Å². The Morgan fingerprint density at radius 2 is 2.08 bits per heavy atom. The van der Waals surface area contributed by atoms with Crippen molar-refractivity contribution in [3.63, 3.8) is 0 Å². The first-order chi connectivity index (χ1) is 6.27. The van der Waals surface area contributed by atoms with E-state index < -0.39 is 0 Å². The van der Waals surface area contributed by atoms with Gasteiger partial charge in [0.1, 0.15) is 5.75 Å². The fourth-order valence-corrected chi connectivity index (χ4v) is 1.13. The molecule has 0 heterocycles. The van der Waals surface area contributed by atoms with E-state index in [4.69, 9.17) is 4.74 Å². The van der Waals surface area contributed by atoms with Gasteiger partial charge in [0.2, 0.25) is 0 Å². The summed E-state index contributed by atoms with van der Waals surface area (Å²) in [7, 11) is 1.69. The average Bonchev–Trinajstić information content (AvgIpc) is 2.18. The van der Waals surface area contributed by atoms with Crippen molar-refractivity contribution >= 4 is 5.69 Å². The van der Waals surface area contributed by atoms with E-state index in [0.29, 0.717) is 6.04 Å². The van der Waals surface area contributed by atoms with Crippen LogP contribution in [0.3, 0.4) is 0 Å². The lowest BCUT2D eigenvalue weighted by Crippen LogP contribution is -2.13. The molecule has 0 radical (unpaired) electrons. The number of para-hydroxylation sites is 2. The van der Waals surface area contributed by atoms with Crippen LogP contribution in [-0.4, -0.2) is 13.2 Å². The highest BCUT2D eigenvalue weighted by Gasteiger charge is 2.03. The lowest BCUT2D eigenvalue weighted by Gasteiger charge is -2.15. The minimum absolute atomic E-state index is 0.483. The maximum atomic E-state index is 5.23. The molecule has 0 aliphatic heterocycles. The lowest BCUT2D eigenvalue weighted by molar-refractivity contribution is 0.416. The van der Waals surface area contributed by atoms with Crippen LogP contribution >= 0.6 is 0 Å². The summed E-state index contributed by atoms with van der Waals surface area (Å²) in [6.07, 6.45) is 1.11. The van der Waals surface area contributed by atoms with Gasteiger partial charge in [-0.25, -0.2) is 0 Å². The largest absolute Gasteiger partial charge is 0.495 e. The van der Waals surface area contributed by atoms with Crippen LogP contribution in [0.1, 0.15) is 20.3 Å². The number of hydrogen-bond donors (Lipinski definition) is 1.